The fourth-order valence-corrected chi connectivity index (χ4v) is 1.47. The molecule has 84 valence electrons. The van der Waals surface area contributed by atoms with E-state index in [2.05, 4.69) is 15.5 Å². The van der Waals surface area contributed by atoms with E-state index in [-0.39, 0.29) is 0 Å². The highest BCUT2D eigenvalue weighted by atomic mass is 16.5. The first kappa shape index (κ1) is 10.4. The summed E-state index contributed by atoms with van der Waals surface area (Å²) >= 11 is 0. The van der Waals surface area contributed by atoms with Crippen LogP contribution in [-0.2, 0) is 6.54 Å². The lowest BCUT2D eigenvalue weighted by Gasteiger charge is -2.06. The Bertz CT molecular complexity index is 494. The van der Waals surface area contributed by atoms with E-state index in [1.165, 1.54) is 0 Å². The zero-order valence-electron chi connectivity index (χ0n) is 9.21. The van der Waals surface area contributed by atoms with E-state index in [0.717, 1.165) is 12.1 Å². The molecule has 2 rings (SSSR count). The standard InChI is InChI=1S/C10H13N5O/c1-3-15-10(12-13-14-15)7-4-5-8(11)9(6-7)16-2/h4-6H,3,11H2,1-2H3. The number of rotatable bonds is 3. The third-order valence-corrected chi connectivity index (χ3v) is 2.32. The SMILES string of the molecule is CCn1nnnc1-c1ccc(N)c(OC)c1. The predicted molar refractivity (Wildman–Crippen MR) is 59.9 cm³/mol. The topological polar surface area (TPSA) is 78.9 Å². The molecule has 0 bridgehead atoms. The highest BCUT2D eigenvalue weighted by Crippen LogP contribution is 2.27. The highest BCUT2D eigenvalue weighted by Gasteiger charge is 2.09. The summed E-state index contributed by atoms with van der Waals surface area (Å²) in [6.07, 6.45) is 0. The summed E-state index contributed by atoms with van der Waals surface area (Å²) in [6, 6.07) is 5.48. The Morgan fingerprint density at radius 1 is 1.44 bits per heavy atom. The van der Waals surface area contributed by atoms with Crippen molar-refractivity contribution in [3.8, 4) is 17.1 Å². The lowest BCUT2D eigenvalue weighted by molar-refractivity contribution is 0.417. The fraction of sp³-hybridized carbons (Fsp3) is 0.300. The summed E-state index contributed by atoms with van der Waals surface area (Å²) in [7, 11) is 1.58. The minimum atomic E-state index is 0.599. The Hall–Kier alpha value is -2.11. The smallest absolute Gasteiger partial charge is 0.182 e. The second kappa shape index (κ2) is 4.18. The highest BCUT2D eigenvalue weighted by molar-refractivity contribution is 5.65. The first-order valence-corrected chi connectivity index (χ1v) is 4.96. The third kappa shape index (κ3) is 1.69. The molecule has 0 unspecified atom stereocenters. The van der Waals surface area contributed by atoms with Gasteiger partial charge < -0.3 is 10.5 Å². The lowest BCUT2D eigenvalue weighted by Crippen LogP contribution is -2.00. The number of nitrogens with zero attached hydrogens (tertiary/aromatic N) is 4. The van der Waals surface area contributed by atoms with E-state index in [4.69, 9.17) is 10.5 Å². The summed E-state index contributed by atoms with van der Waals surface area (Å²) in [5, 5.41) is 11.5. The number of benzene rings is 1. The van der Waals surface area contributed by atoms with Crippen LogP contribution < -0.4 is 10.5 Å². The molecule has 0 atom stereocenters. The molecule has 0 aliphatic heterocycles. The average molecular weight is 219 g/mol. The monoisotopic (exact) mass is 219 g/mol. The number of anilines is 1. The molecule has 2 aromatic rings. The molecule has 0 spiro atoms. The number of ether oxygens (including phenoxy) is 1. The van der Waals surface area contributed by atoms with Crippen molar-refractivity contribution in [2.75, 3.05) is 12.8 Å². The Morgan fingerprint density at radius 2 is 2.25 bits per heavy atom. The van der Waals surface area contributed by atoms with E-state index < -0.39 is 0 Å². The number of methoxy groups -OCH3 is 1. The Balaban J connectivity index is 2.48. The zero-order valence-corrected chi connectivity index (χ0v) is 9.21. The number of hydrogen-bond acceptors (Lipinski definition) is 5. The minimum Gasteiger partial charge on any atom is -0.495 e. The van der Waals surface area contributed by atoms with Crippen LogP contribution in [0.5, 0.6) is 5.75 Å². The number of nitrogen functional groups attached to an aromatic ring is 1. The van der Waals surface area contributed by atoms with E-state index in [0.29, 0.717) is 17.3 Å². The lowest BCUT2D eigenvalue weighted by atomic mass is 10.2. The summed E-state index contributed by atoms with van der Waals surface area (Å²) in [5.74, 6) is 1.34. The van der Waals surface area contributed by atoms with Gasteiger partial charge in [-0.2, -0.15) is 0 Å². The largest absolute Gasteiger partial charge is 0.495 e. The minimum absolute atomic E-state index is 0.599. The van der Waals surface area contributed by atoms with Crippen molar-refractivity contribution >= 4 is 5.69 Å². The summed E-state index contributed by atoms with van der Waals surface area (Å²) in [6.45, 7) is 2.70. The van der Waals surface area contributed by atoms with Crippen LogP contribution in [0, 0.1) is 0 Å². The zero-order chi connectivity index (χ0) is 11.5. The first-order valence-electron chi connectivity index (χ1n) is 4.96. The van der Waals surface area contributed by atoms with Crippen molar-refractivity contribution in [2.45, 2.75) is 13.5 Å². The molecule has 6 nitrogen and oxygen atoms in total. The van der Waals surface area contributed by atoms with Crippen LogP contribution in [0.2, 0.25) is 0 Å². The van der Waals surface area contributed by atoms with E-state index in [1.807, 2.05) is 19.1 Å². The Kier molecular flexibility index (Phi) is 2.72. The van der Waals surface area contributed by atoms with Crippen molar-refractivity contribution in [1.29, 1.82) is 0 Å². The number of aryl methyl sites for hydroxylation is 1. The molecule has 1 aromatic heterocycles. The fourth-order valence-electron chi connectivity index (χ4n) is 1.47. The van der Waals surface area contributed by atoms with E-state index >= 15 is 0 Å². The van der Waals surface area contributed by atoms with Gasteiger partial charge >= 0.3 is 0 Å². The molecule has 1 heterocycles. The number of nitrogens with two attached hydrogens (primary N) is 1. The van der Waals surface area contributed by atoms with Crippen LogP contribution in [0.4, 0.5) is 5.69 Å². The molecule has 0 radical (unpaired) electrons. The maximum absolute atomic E-state index is 5.74. The molecule has 0 saturated carbocycles. The van der Waals surface area contributed by atoms with Gasteiger partial charge in [0.05, 0.1) is 12.8 Å². The molecule has 6 heteroatoms. The maximum Gasteiger partial charge on any atom is 0.182 e. The van der Waals surface area contributed by atoms with Gasteiger partial charge in [-0.3, -0.25) is 0 Å². The second-order valence-corrected chi connectivity index (χ2v) is 3.27. The van der Waals surface area contributed by atoms with Crippen LogP contribution in [0.3, 0.4) is 0 Å². The molecular weight excluding hydrogens is 206 g/mol. The van der Waals surface area contributed by atoms with Crippen LogP contribution in [0.25, 0.3) is 11.4 Å². The van der Waals surface area contributed by atoms with E-state index in [9.17, 15) is 0 Å². The molecule has 0 aliphatic rings. The molecule has 0 saturated heterocycles. The predicted octanol–water partition coefficient (Wildman–Crippen LogP) is 0.951. The van der Waals surface area contributed by atoms with Crippen molar-refractivity contribution in [1.82, 2.24) is 20.2 Å². The molecule has 2 N–H and O–H groups in total. The van der Waals surface area contributed by atoms with Crippen molar-refractivity contribution in [2.24, 2.45) is 0 Å². The van der Waals surface area contributed by atoms with Crippen molar-refractivity contribution in [3.63, 3.8) is 0 Å². The van der Waals surface area contributed by atoms with Gasteiger partial charge in [0, 0.05) is 12.1 Å². The van der Waals surface area contributed by atoms with Gasteiger partial charge in [0.1, 0.15) is 5.75 Å². The average Bonchev–Trinajstić information content (AvgIpc) is 2.78. The normalized spacial score (nSPS) is 10.4. The number of aromatic nitrogens is 4. The van der Waals surface area contributed by atoms with Crippen LogP contribution in [0.1, 0.15) is 6.92 Å². The number of tetrazole rings is 1. The molecule has 16 heavy (non-hydrogen) atoms. The van der Waals surface area contributed by atoms with Gasteiger partial charge in [-0.25, -0.2) is 4.68 Å². The van der Waals surface area contributed by atoms with Gasteiger partial charge in [0.15, 0.2) is 5.82 Å². The summed E-state index contributed by atoms with van der Waals surface area (Å²) < 4.78 is 6.87. The van der Waals surface area contributed by atoms with Gasteiger partial charge in [0.25, 0.3) is 0 Å². The molecular formula is C10H13N5O. The quantitative estimate of drug-likeness (QED) is 0.777. The van der Waals surface area contributed by atoms with Gasteiger partial charge in [-0.1, -0.05) is 0 Å². The van der Waals surface area contributed by atoms with Crippen molar-refractivity contribution in [3.05, 3.63) is 18.2 Å². The second-order valence-electron chi connectivity index (χ2n) is 3.27. The number of hydrogen-bond donors (Lipinski definition) is 1. The van der Waals surface area contributed by atoms with Crippen LogP contribution in [-0.4, -0.2) is 27.3 Å². The molecule has 0 aliphatic carbocycles. The summed E-state index contributed by atoms with van der Waals surface area (Å²) in [4.78, 5) is 0. The van der Waals surface area contributed by atoms with Crippen LogP contribution >= 0.6 is 0 Å². The summed E-state index contributed by atoms with van der Waals surface area (Å²) in [5.41, 5.74) is 7.23. The molecule has 1 aromatic carbocycles. The van der Waals surface area contributed by atoms with Crippen LogP contribution in [0.15, 0.2) is 18.2 Å². The Morgan fingerprint density at radius 3 is 2.94 bits per heavy atom. The third-order valence-electron chi connectivity index (χ3n) is 2.32. The maximum atomic E-state index is 5.74. The first-order chi connectivity index (χ1) is 7.76. The van der Waals surface area contributed by atoms with Crippen molar-refractivity contribution < 1.29 is 4.74 Å². The van der Waals surface area contributed by atoms with Gasteiger partial charge in [0.2, 0.25) is 0 Å². The molecule has 0 fully saturated rings. The Labute approximate surface area is 93.0 Å². The van der Waals surface area contributed by atoms with E-state index in [1.54, 1.807) is 17.9 Å². The van der Waals surface area contributed by atoms with Gasteiger partial charge in [-0.15, -0.1) is 5.10 Å². The molecule has 0 amide bonds. The van der Waals surface area contributed by atoms with Gasteiger partial charge in [-0.05, 0) is 35.5 Å².